The monoisotopic (exact) mass is 180 g/mol. The second-order valence-corrected chi connectivity index (χ2v) is 3.37. The molecule has 0 nitrogen and oxygen atoms in total. The van der Waals surface area contributed by atoms with Crippen LogP contribution in [0.4, 0.5) is 0 Å². The van der Waals surface area contributed by atoms with E-state index in [1.165, 1.54) is 16.7 Å². The first-order chi connectivity index (χ1) is 5.66. The Morgan fingerprint density at radius 1 is 1.42 bits per heavy atom. The molecule has 0 aliphatic carbocycles. The van der Waals surface area contributed by atoms with Gasteiger partial charge in [0.25, 0.3) is 0 Å². The van der Waals surface area contributed by atoms with Crippen molar-refractivity contribution in [3.05, 3.63) is 46.5 Å². The van der Waals surface area contributed by atoms with Crippen LogP contribution in [0.3, 0.4) is 0 Å². The number of rotatable bonds is 2. The molecule has 1 aromatic carbocycles. The van der Waals surface area contributed by atoms with Crippen LogP contribution in [-0.2, 0) is 6.42 Å². The van der Waals surface area contributed by atoms with Crippen molar-refractivity contribution < 1.29 is 0 Å². The molecule has 1 aromatic rings. The van der Waals surface area contributed by atoms with Crippen LogP contribution < -0.4 is 0 Å². The Hall–Kier alpha value is -0.750. The predicted octanol–water partition coefficient (Wildman–Crippen LogP) is 3.69. The van der Waals surface area contributed by atoms with Gasteiger partial charge in [-0.2, -0.15) is 0 Å². The third-order valence-corrected chi connectivity index (χ3v) is 2.51. The number of halogens is 1. The van der Waals surface area contributed by atoms with E-state index in [1.807, 2.05) is 18.2 Å². The van der Waals surface area contributed by atoms with Crippen LogP contribution in [-0.4, -0.2) is 0 Å². The first kappa shape index (κ1) is 9.34. The molecule has 1 heteroatoms. The van der Waals surface area contributed by atoms with Crippen molar-refractivity contribution in [2.45, 2.75) is 20.3 Å². The van der Waals surface area contributed by atoms with Crippen molar-refractivity contribution in [1.29, 1.82) is 0 Å². The van der Waals surface area contributed by atoms with E-state index in [0.717, 1.165) is 11.4 Å². The van der Waals surface area contributed by atoms with E-state index in [-0.39, 0.29) is 0 Å². The first-order valence-corrected chi connectivity index (χ1v) is 4.40. The molecule has 0 aliphatic heterocycles. The molecule has 12 heavy (non-hydrogen) atoms. The fourth-order valence-electron chi connectivity index (χ4n) is 1.24. The number of benzene rings is 1. The molecule has 0 aromatic heterocycles. The van der Waals surface area contributed by atoms with Gasteiger partial charge in [0, 0.05) is 5.02 Å². The minimum atomic E-state index is 0.845. The van der Waals surface area contributed by atoms with Crippen molar-refractivity contribution in [1.82, 2.24) is 0 Å². The molecule has 0 amide bonds. The fraction of sp³-hybridized carbons (Fsp3) is 0.273. The molecule has 0 spiro atoms. The molecular formula is C11H13Cl. The summed E-state index contributed by atoms with van der Waals surface area (Å²) >= 11 is 6.03. The summed E-state index contributed by atoms with van der Waals surface area (Å²) in [6, 6.07) is 3.99. The summed E-state index contributed by atoms with van der Waals surface area (Å²) in [4.78, 5) is 0. The van der Waals surface area contributed by atoms with Gasteiger partial charge in [0.15, 0.2) is 0 Å². The van der Waals surface area contributed by atoms with Crippen molar-refractivity contribution in [2.24, 2.45) is 0 Å². The molecule has 0 unspecified atom stereocenters. The third-order valence-electron chi connectivity index (χ3n) is 2.16. The van der Waals surface area contributed by atoms with Crippen LogP contribution in [0.5, 0.6) is 0 Å². The highest BCUT2D eigenvalue weighted by Crippen LogP contribution is 2.23. The van der Waals surface area contributed by atoms with Crippen LogP contribution in [0.15, 0.2) is 24.8 Å². The highest BCUT2D eigenvalue weighted by molar-refractivity contribution is 6.31. The van der Waals surface area contributed by atoms with Crippen LogP contribution in [0.1, 0.15) is 16.7 Å². The Labute approximate surface area is 78.9 Å². The quantitative estimate of drug-likeness (QED) is 0.609. The van der Waals surface area contributed by atoms with Gasteiger partial charge < -0.3 is 0 Å². The summed E-state index contributed by atoms with van der Waals surface area (Å²) in [7, 11) is 0. The van der Waals surface area contributed by atoms with E-state index in [4.69, 9.17) is 11.6 Å². The standard InChI is InChI=1S/C11H13Cl/c1-4-5-10-9(3)8(2)6-7-11(10)12/h4,6-7H,1,5H2,2-3H3. The van der Waals surface area contributed by atoms with Gasteiger partial charge in [-0.15, -0.1) is 6.58 Å². The van der Waals surface area contributed by atoms with E-state index in [1.54, 1.807) is 0 Å². The minimum Gasteiger partial charge on any atom is -0.103 e. The fourth-order valence-corrected chi connectivity index (χ4v) is 1.52. The van der Waals surface area contributed by atoms with Crippen LogP contribution in [0, 0.1) is 13.8 Å². The lowest BCUT2D eigenvalue weighted by Gasteiger charge is -2.08. The predicted molar refractivity (Wildman–Crippen MR) is 54.8 cm³/mol. The molecule has 0 atom stereocenters. The first-order valence-electron chi connectivity index (χ1n) is 4.02. The van der Waals surface area contributed by atoms with Gasteiger partial charge in [0.1, 0.15) is 0 Å². The zero-order valence-electron chi connectivity index (χ0n) is 7.52. The Kier molecular flexibility index (Phi) is 2.93. The highest BCUT2D eigenvalue weighted by atomic mass is 35.5. The zero-order valence-corrected chi connectivity index (χ0v) is 8.28. The smallest absolute Gasteiger partial charge is 0.0443 e. The molecule has 0 fully saturated rings. The van der Waals surface area contributed by atoms with Crippen molar-refractivity contribution in [3.8, 4) is 0 Å². The van der Waals surface area contributed by atoms with Gasteiger partial charge in [0.2, 0.25) is 0 Å². The lowest BCUT2D eigenvalue weighted by Crippen LogP contribution is -1.91. The molecule has 0 saturated heterocycles. The summed E-state index contributed by atoms with van der Waals surface area (Å²) in [6.45, 7) is 7.90. The Balaban J connectivity index is 3.22. The molecule has 0 aliphatic rings. The Morgan fingerprint density at radius 2 is 2.08 bits per heavy atom. The maximum absolute atomic E-state index is 6.03. The second-order valence-electron chi connectivity index (χ2n) is 2.96. The van der Waals surface area contributed by atoms with Gasteiger partial charge in [-0.25, -0.2) is 0 Å². The van der Waals surface area contributed by atoms with E-state index in [9.17, 15) is 0 Å². The molecule has 0 saturated carbocycles. The maximum atomic E-state index is 6.03. The average molecular weight is 181 g/mol. The molecule has 0 heterocycles. The van der Waals surface area contributed by atoms with Gasteiger partial charge in [-0.1, -0.05) is 23.7 Å². The van der Waals surface area contributed by atoms with Crippen LogP contribution in [0.2, 0.25) is 5.02 Å². The van der Waals surface area contributed by atoms with E-state index in [2.05, 4.69) is 20.4 Å². The van der Waals surface area contributed by atoms with E-state index in [0.29, 0.717) is 0 Å². The molecule has 0 bridgehead atoms. The number of allylic oxidation sites excluding steroid dienone is 1. The van der Waals surface area contributed by atoms with Crippen LogP contribution >= 0.6 is 11.6 Å². The molecular weight excluding hydrogens is 168 g/mol. The molecule has 0 N–H and O–H groups in total. The molecule has 64 valence electrons. The summed E-state index contributed by atoms with van der Waals surface area (Å²) < 4.78 is 0. The van der Waals surface area contributed by atoms with Gasteiger partial charge in [-0.05, 0) is 43.0 Å². The van der Waals surface area contributed by atoms with Gasteiger partial charge >= 0.3 is 0 Å². The summed E-state index contributed by atoms with van der Waals surface area (Å²) in [5.74, 6) is 0. The second kappa shape index (κ2) is 3.77. The third kappa shape index (κ3) is 1.70. The number of aryl methyl sites for hydroxylation is 1. The topological polar surface area (TPSA) is 0 Å². The average Bonchev–Trinajstić information content (AvgIpc) is 2.06. The highest BCUT2D eigenvalue weighted by Gasteiger charge is 2.03. The largest absolute Gasteiger partial charge is 0.103 e. The van der Waals surface area contributed by atoms with Crippen LogP contribution in [0.25, 0.3) is 0 Å². The lowest BCUT2D eigenvalue weighted by atomic mass is 10.0. The zero-order chi connectivity index (χ0) is 9.14. The normalized spacial score (nSPS) is 9.92. The summed E-state index contributed by atoms with van der Waals surface area (Å²) in [5.41, 5.74) is 3.77. The lowest BCUT2D eigenvalue weighted by molar-refractivity contribution is 1.18. The Morgan fingerprint density at radius 3 is 2.67 bits per heavy atom. The van der Waals surface area contributed by atoms with Crippen molar-refractivity contribution in [2.75, 3.05) is 0 Å². The summed E-state index contributed by atoms with van der Waals surface area (Å²) in [6.07, 6.45) is 2.74. The summed E-state index contributed by atoms with van der Waals surface area (Å²) in [5, 5.41) is 0.845. The van der Waals surface area contributed by atoms with Crippen molar-refractivity contribution in [3.63, 3.8) is 0 Å². The molecule has 1 rings (SSSR count). The maximum Gasteiger partial charge on any atom is 0.0443 e. The van der Waals surface area contributed by atoms with E-state index >= 15 is 0 Å². The van der Waals surface area contributed by atoms with Crippen molar-refractivity contribution >= 4 is 11.6 Å². The van der Waals surface area contributed by atoms with Gasteiger partial charge in [-0.3, -0.25) is 0 Å². The number of hydrogen-bond acceptors (Lipinski definition) is 0. The minimum absolute atomic E-state index is 0.845. The van der Waals surface area contributed by atoms with Gasteiger partial charge in [0.05, 0.1) is 0 Å². The number of hydrogen-bond donors (Lipinski definition) is 0. The van der Waals surface area contributed by atoms with E-state index < -0.39 is 0 Å². The Bertz CT molecular complexity index is 300. The SMILES string of the molecule is C=CCc1c(Cl)ccc(C)c1C. The molecule has 0 radical (unpaired) electrons.